The van der Waals surface area contributed by atoms with Gasteiger partial charge in [-0.25, -0.2) is 0 Å². The Bertz CT molecular complexity index is 489. The molecule has 1 amide bonds. The number of hydrogen-bond donors (Lipinski definition) is 1. The molecule has 3 nitrogen and oxygen atoms in total. The van der Waals surface area contributed by atoms with Crippen LogP contribution in [0.1, 0.15) is 37.0 Å². The fourth-order valence-corrected chi connectivity index (χ4v) is 4.14. The normalized spacial score (nSPS) is 23.5. The number of piperidine rings is 1. The number of nitrogens with zero attached hydrogens (tertiary/aromatic N) is 1. The Labute approximate surface area is 137 Å². The minimum absolute atomic E-state index is 0.212. The van der Waals surface area contributed by atoms with Crippen LogP contribution in [0.5, 0.6) is 0 Å². The fourth-order valence-electron chi connectivity index (χ4n) is 3.39. The lowest BCUT2D eigenvalue weighted by Gasteiger charge is -2.32. The minimum Gasteiger partial charge on any atom is -0.356 e. The average molecular weight is 318 g/mol. The number of nitrogens with one attached hydrogen (secondary N) is 1. The zero-order valence-electron chi connectivity index (χ0n) is 13.2. The van der Waals surface area contributed by atoms with Crippen LogP contribution in [-0.2, 0) is 11.3 Å². The van der Waals surface area contributed by atoms with Crippen LogP contribution in [-0.4, -0.2) is 30.4 Å². The third-order valence-corrected chi connectivity index (χ3v) is 5.73. The maximum Gasteiger partial charge on any atom is 0.223 e. The van der Waals surface area contributed by atoms with Gasteiger partial charge in [-0.3, -0.25) is 9.69 Å². The van der Waals surface area contributed by atoms with Gasteiger partial charge >= 0.3 is 0 Å². The molecule has 1 aromatic heterocycles. The third-order valence-electron chi connectivity index (χ3n) is 4.87. The van der Waals surface area contributed by atoms with Crippen LogP contribution in [0.3, 0.4) is 0 Å². The van der Waals surface area contributed by atoms with Gasteiger partial charge in [0.05, 0.1) is 0 Å². The van der Waals surface area contributed by atoms with Crippen LogP contribution in [0, 0.1) is 11.8 Å². The Morgan fingerprint density at radius 1 is 1.27 bits per heavy atom. The summed E-state index contributed by atoms with van der Waals surface area (Å²) in [7, 11) is 0. The molecule has 1 aliphatic carbocycles. The topological polar surface area (TPSA) is 32.3 Å². The summed E-state index contributed by atoms with van der Waals surface area (Å²) in [6.45, 7) is 4.27. The molecule has 22 heavy (non-hydrogen) atoms. The van der Waals surface area contributed by atoms with Crippen molar-refractivity contribution in [2.75, 3.05) is 19.6 Å². The predicted molar refractivity (Wildman–Crippen MR) is 91.8 cm³/mol. The predicted octanol–water partition coefficient (Wildman–Crippen LogP) is 3.43. The summed E-state index contributed by atoms with van der Waals surface area (Å²) in [5.74, 6) is 1.14. The summed E-state index contributed by atoms with van der Waals surface area (Å²) < 4.78 is 0. The Morgan fingerprint density at radius 3 is 2.82 bits per heavy atom. The van der Waals surface area contributed by atoms with Crippen LogP contribution in [0.25, 0.3) is 0 Å². The second-order valence-electron chi connectivity index (χ2n) is 6.53. The molecule has 1 N–H and O–H groups in total. The van der Waals surface area contributed by atoms with Crippen LogP contribution in [0.4, 0.5) is 0 Å². The summed E-state index contributed by atoms with van der Waals surface area (Å²) in [6.07, 6.45) is 9.74. The molecule has 4 heteroatoms. The van der Waals surface area contributed by atoms with Crippen molar-refractivity contribution in [2.24, 2.45) is 11.8 Å². The van der Waals surface area contributed by atoms with Gasteiger partial charge in [0.15, 0.2) is 0 Å². The zero-order chi connectivity index (χ0) is 15.2. The first-order chi connectivity index (χ1) is 10.8. The van der Waals surface area contributed by atoms with Crippen molar-refractivity contribution in [3.63, 3.8) is 0 Å². The number of allylic oxidation sites excluding steroid dienone is 2. The summed E-state index contributed by atoms with van der Waals surface area (Å²) in [5, 5.41) is 5.34. The molecule has 3 rings (SSSR count). The van der Waals surface area contributed by atoms with Crippen LogP contribution in [0.15, 0.2) is 29.7 Å². The van der Waals surface area contributed by atoms with E-state index in [1.807, 2.05) is 11.3 Å². The molecule has 1 saturated heterocycles. The van der Waals surface area contributed by atoms with Gasteiger partial charge < -0.3 is 5.32 Å². The molecule has 0 saturated carbocycles. The second-order valence-corrected chi connectivity index (χ2v) is 7.56. The number of carbonyl (C=O) groups excluding carboxylic acids is 1. The number of carbonyl (C=O) groups is 1. The van der Waals surface area contributed by atoms with E-state index in [9.17, 15) is 4.79 Å². The van der Waals surface area contributed by atoms with E-state index in [2.05, 4.69) is 39.9 Å². The molecule has 120 valence electrons. The quantitative estimate of drug-likeness (QED) is 0.844. The second kappa shape index (κ2) is 7.93. The molecular weight excluding hydrogens is 292 g/mol. The number of likely N-dealkylation sites (tertiary alicyclic amines) is 1. The number of amides is 1. The van der Waals surface area contributed by atoms with Crippen molar-refractivity contribution in [3.05, 3.63) is 34.5 Å². The van der Waals surface area contributed by atoms with Crippen LogP contribution >= 0.6 is 11.3 Å². The van der Waals surface area contributed by atoms with Crippen molar-refractivity contribution in [1.29, 1.82) is 0 Å². The van der Waals surface area contributed by atoms with Gasteiger partial charge in [0.2, 0.25) is 5.91 Å². The van der Waals surface area contributed by atoms with Gasteiger partial charge in [-0.15, -0.1) is 11.3 Å². The highest BCUT2D eigenvalue weighted by Crippen LogP contribution is 2.21. The maximum atomic E-state index is 12.2. The van der Waals surface area contributed by atoms with Crippen molar-refractivity contribution in [2.45, 2.75) is 38.6 Å². The summed E-state index contributed by atoms with van der Waals surface area (Å²) in [5.41, 5.74) is 0. The molecule has 0 radical (unpaired) electrons. The smallest absolute Gasteiger partial charge is 0.223 e. The molecule has 2 aliphatic rings. The minimum atomic E-state index is 0.212. The van der Waals surface area contributed by atoms with E-state index in [1.54, 1.807) is 0 Å². The number of hydrogen-bond acceptors (Lipinski definition) is 3. The first-order valence-corrected chi connectivity index (χ1v) is 9.36. The average Bonchev–Trinajstić information content (AvgIpc) is 3.08. The standard InChI is InChI=1S/C18H26N2OS/c21-18(16-5-2-1-3-6-16)19-13-15-8-10-20(11-9-15)14-17-7-4-12-22-17/h1-2,4,7,12,15-16H,3,5-6,8-11,13-14H2,(H,19,21)/t16-/m1/s1. The van der Waals surface area contributed by atoms with E-state index >= 15 is 0 Å². The third kappa shape index (κ3) is 4.43. The van der Waals surface area contributed by atoms with E-state index < -0.39 is 0 Å². The Balaban J connectivity index is 1.35. The first-order valence-electron chi connectivity index (χ1n) is 8.48. The van der Waals surface area contributed by atoms with Gasteiger partial charge in [-0.05, 0) is 62.6 Å². The molecule has 1 aliphatic heterocycles. The fraction of sp³-hybridized carbons (Fsp3) is 0.611. The monoisotopic (exact) mass is 318 g/mol. The van der Waals surface area contributed by atoms with Crippen LogP contribution in [0.2, 0.25) is 0 Å². The summed E-state index contributed by atoms with van der Waals surface area (Å²) in [4.78, 5) is 16.2. The first kappa shape index (κ1) is 15.8. The van der Waals surface area contributed by atoms with Gasteiger partial charge in [-0.2, -0.15) is 0 Å². The van der Waals surface area contributed by atoms with Crippen molar-refractivity contribution in [3.8, 4) is 0 Å². The Hall–Kier alpha value is -1.13. The van der Waals surface area contributed by atoms with E-state index in [1.165, 1.54) is 17.7 Å². The Kier molecular flexibility index (Phi) is 5.68. The summed E-state index contributed by atoms with van der Waals surface area (Å²) in [6, 6.07) is 4.35. The number of rotatable bonds is 5. The van der Waals surface area contributed by atoms with Crippen molar-refractivity contribution >= 4 is 17.2 Å². The molecular formula is C18H26N2OS. The Morgan fingerprint density at radius 2 is 2.14 bits per heavy atom. The van der Waals surface area contributed by atoms with Crippen LogP contribution < -0.4 is 5.32 Å². The lowest BCUT2D eigenvalue weighted by atomic mass is 9.92. The maximum absolute atomic E-state index is 12.2. The van der Waals surface area contributed by atoms with Gasteiger partial charge in [-0.1, -0.05) is 18.2 Å². The van der Waals surface area contributed by atoms with E-state index in [0.717, 1.165) is 45.4 Å². The van der Waals surface area contributed by atoms with Crippen molar-refractivity contribution in [1.82, 2.24) is 10.2 Å². The van der Waals surface area contributed by atoms with Gasteiger partial charge in [0, 0.05) is 23.9 Å². The molecule has 0 aromatic carbocycles. The highest BCUT2D eigenvalue weighted by molar-refractivity contribution is 7.09. The lowest BCUT2D eigenvalue weighted by molar-refractivity contribution is -0.125. The van der Waals surface area contributed by atoms with E-state index in [-0.39, 0.29) is 11.8 Å². The molecule has 1 fully saturated rings. The molecule has 2 heterocycles. The van der Waals surface area contributed by atoms with Gasteiger partial charge in [0.1, 0.15) is 0 Å². The molecule has 1 atom stereocenters. The highest BCUT2D eigenvalue weighted by atomic mass is 32.1. The zero-order valence-corrected chi connectivity index (χ0v) is 14.0. The van der Waals surface area contributed by atoms with E-state index in [4.69, 9.17) is 0 Å². The van der Waals surface area contributed by atoms with Crippen molar-refractivity contribution < 1.29 is 4.79 Å². The molecule has 1 aromatic rings. The largest absolute Gasteiger partial charge is 0.356 e. The molecule has 0 bridgehead atoms. The molecule has 0 spiro atoms. The highest BCUT2D eigenvalue weighted by Gasteiger charge is 2.22. The van der Waals surface area contributed by atoms with Gasteiger partial charge in [0.25, 0.3) is 0 Å². The summed E-state index contributed by atoms with van der Waals surface area (Å²) >= 11 is 1.84. The lowest BCUT2D eigenvalue weighted by Crippen LogP contribution is -2.40. The number of thiophene rings is 1. The SMILES string of the molecule is O=C(NCC1CCN(Cc2cccs2)CC1)[C@@H]1CC=CCC1. The van der Waals surface area contributed by atoms with E-state index in [0.29, 0.717) is 5.92 Å². The molecule has 0 unspecified atom stereocenters.